The van der Waals surface area contributed by atoms with Gasteiger partial charge < -0.3 is 11.1 Å². The molecule has 0 saturated carbocycles. The topological polar surface area (TPSA) is 71.0 Å². The number of guanidine groups is 1. The van der Waals surface area contributed by atoms with E-state index in [2.05, 4.69) is 27.1 Å². The molecule has 0 spiro atoms. The molecule has 1 aliphatic rings. The van der Waals surface area contributed by atoms with Crippen molar-refractivity contribution >= 4 is 22.3 Å². The largest absolute Gasteiger partial charge is 0.370 e. The van der Waals surface area contributed by atoms with Crippen LogP contribution in [0.5, 0.6) is 0 Å². The molecule has 1 fully saturated rings. The molecule has 0 radical (unpaired) electrons. The van der Waals surface area contributed by atoms with E-state index in [0.717, 1.165) is 23.7 Å². The van der Waals surface area contributed by atoms with Crippen molar-refractivity contribution in [2.75, 3.05) is 19.6 Å². The Hall–Kier alpha value is -1.60. The van der Waals surface area contributed by atoms with Gasteiger partial charge in [-0.3, -0.25) is 9.30 Å². The fraction of sp³-hybridized carbons (Fsp3) is 0.571. The quantitative estimate of drug-likeness (QED) is 0.645. The van der Waals surface area contributed by atoms with E-state index in [9.17, 15) is 0 Å². The molecular formula is C14H22N6S. The van der Waals surface area contributed by atoms with Gasteiger partial charge in [-0.1, -0.05) is 6.92 Å². The van der Waals surface area contributed by atoms with Crippen molar-refractivity contribution < 1.29 is 0 Å². The Morgan fingerprint density at radius 3 is 3.33 bits per heavy atom. The smallest absolute Gasteiger partial charge is 0.193 e. The Labute approximate surface area is 128 Å². The summed E-state index contributed by atoms with van der Waals surface area (Å²) in [6.45, 7) is 5.91. The lowest BCUT2D eigenvalue weighted by Gasteiger charge is -2.23. The van der Waals surface area contributed by atoms with Crippen LogP contribution in [0, 0.1) is 0 Å². The van der Waals surface area contributed by atoms with Gasteiger partial charge in [-0.25, -0.2) is 9.98 Å². The van der Waals surface area contributed by atoms with Gasteiger partial charge in [-0.15, -0.1) is 11.3 Å². The van der Waals surface area contributed by atoms with Crippen LogP contribution in [0.15, 0.2) is 22.8 Å². The van der Waals surface area contributed by atoms with Gasteiger partial charge in [0, 0.05) is 30.4 Å². The van der Waals surface area contributed by atoms with Gasteiger partial charge in [0.1, 0.15) is 0 Å². The first-order chi connectivity index (χ1) is 10.3. The minimum Gasteiger partial charge on any atom is -0.370 e. The van der Waals surface area contributed by atoms with Crippen molar-refractivity contribution in [3.8, 4) is 0 Å². The van der Waals surface area contributed by atoms with Crippen LogP contribution in [0.1, 0.15) is 25.5 Å². The molecule has 3 rings (SSSR count). The SMILES string of the molecule is CCN1CCCC1CNC(N)=NCc1cn2ccsc2n1. The molecule has 21 heavy (non-hydrogen) atoms. The van der Waals surface area contributed by atoms with Crippen molar-refractivity contribution in [1.29, 1.82) is 0 Å². The lowest BCUT2D eigenvalue weighted by atomic mass is 10.2. The number of fused-ring (bicyclic) bond motifs is 1. The van der Waals surface area contributed by atoms with Crippen LogP contribution in [-0.2, 0) is 6.54 Å². The van der Waals surface area contributed by atoms with E-state index in [0.29, 0.717) is 18.5 Å². The fourth-order valence-electron chi connectivity index (χ4n) is 2.84. The molecule has 1 atom stereocenters. The molecule has 0 aromatic carbocycles. The molecule has 0 bridgehead atoms. The molecule has 2 aromatic heterocycles. The number of nitrogens with two attached hydrogens (primary N) is 1. The highest BCUT2D eigenvalue weighted by Crippen LogP contribution is 2.15. The van der Waals surface area contributed by atoms with Gasteiger partial charge in [0.25, 0.3) is 0 Å². The number of nitrogens with one attached hydrogen (secondary N) is 1. The number of thiazole rings is 1. The van der Waals surface area contributed by atoms with Gasteiger partial charge in [0.05, 0.1) is 12.2 Å². The van der Waals surface area contributed by atoms with Crippen molar-refractivity contribution in [3.63, 3.8) is 0 Å². The Morgan fingerprint density at radius 1 is 1.62 bits per heavy atom. The molecule has 6 nitrogen and oxygen atoms in total. The van der Waals surface area contributed by atoms with Crippen molar-refractivity contribution in [1.82, 2.24) is 19.6 Å². The number of aliphatic imine (C=N–C) groups is 1. The number of aromatic nitrogens is 2. The van der Waals surface area contributed by atoms with Crippen molar-refractivity contribution in [2.24, 2.45) is 10.7 Å². The first-order valence-corrected chi connectivity index (χ1v) is 8.33. The predicted octanol–water partition coefficient (Wildman–Crippen LogP) is 1.28. The molecule has 1 saturated heterocycles. The summed E-state index contributed by atoms with van der Waals surface area (Å²) in [5.74, 6) is 0.509. The maximum absolute atomic E-state index is 5.94. The summed E-state index contributed by atoms with van der Waals surface area (Å²) in [5, 5.41) is 5.26. The molecule has 1 aliphatic heterocycles. The van der Waals surface area contributed by atoms with Crippen LogP contribution >= 0.6 is 11.3 Å². The van der Waals surface area contributed by atoms with Crippen molar-refractivity contribution in [2.45, 2.75) is 32.4 Å². The first kappa shape index (κ1) is 14.3. The average Bonchev–Trinajstić information content (AvgIpc) is 3.17. The highest BCUT2D eigenvalue weighted by atomic mass is 32.1. The zero-order valence-corrected chi connectivity index (χ0v) is 13.1. The van der Waals surface area contributed by atoms with E-state index in [4.69, 9.17) is 5.73 Å². The van der Waals surface area contributed by atoms with E-state index < -0.39 is 0 Å². The lowest BCUT2D eigenvalue weighted by Crippen LogP contribution is -2.42. The Morgan fingerprint density at radius 2 is 2.52 bits per heavy atom. The first-order valence-electron chi connectivity index (χ1n) is 7.45. The zero-order valence-electron chi connectivity index (χ0n) is 12.3. The van der Waals surface area contributed by atoms with E-state index in [1.54, 1.807) is 11.3 Å². The molecule has 3 N–H and O–H groups in total. The average molecular weight is 306 g/mol. The monoisotopic (exact) mass is 306 g/mol. The van der Waals surface area contributed by atoms with Crippen molar-refractivity contribution in [3.05, 3.63) is 23.5 Å². The summed E-state index contributed by atoms with van der Waals surface area (Å²) in [7, 11) is 0. The second-order valence-corrected chi connectivity index (χ2v) is 6.21. The minimum absolute atomic E-state index is 0.509. The molecule has 7 heteroatoms. The summed E-state index contributed by atoms with van der Waals surface area (Å²) >= 11 is 1.62. The summed E-state index contributed by atoms with van der Waals surface area (Å²) in [6.07, 6.45) is 6.52. The highest BCUT2D eigenvalue weighted by molar-refractivity contribution is 7.15. The number of rotatable bonds is 5. The van der Waals surface area contributed by atoms with Gasteiger partial charge in [0.2, 0.25) is 0 Å². The number of hydrogen-bond donors (Lipinski definition) is 2. The number of nitrogens with zero attached hydrogens (tertiary/aromatic N) is 4. The zero-order chi connectivity index (χ0) is 14.7. The van der Waals surface area contributed by atoms with E-state index in [1.165, 1.54) is 19.4 Å². The van der Waals surface area contributed by atoms with E-state index >= 15 is 0 Å². The number of imidazole rings is 1. The minimum atomic E-state index is 0.509. The van der Waals surface area contributed by atoms with E-state index in [-0.39, 0.29) is 0 Å². The maximum Gasteiger partial charge on any atom is 0.193 e. The Balaban J connectivity index is 1.50. The molecule has 3 heterocycles. The predicted molar refractivity (Wildman–Crippen MR) is 86.7 cm³/mol. The summed E-state index contributed by atoms with van der Waals surface area (Å²) in [6, 6.07) is 0.585. The molecule has 2 aromatic rings. The highest BCUT2D eigenvalue weighted by Gasteiger charge is 2.22. The number of likely N-dealkylation sites (tertiary alicyclic amines) is 1. The second kappa shape index (κ2) is 6.44. The summed E-state index contributed by atoms with van der Waals surface area (Å²) in [4.78, 5) is 12.4. The van der Waals surface area contributed by atoms with Gasteiger partial charge >= 0.3 is 0 Å². The normalized spacial score (nSPS) is 20.4. The molecular weight excluding hydrogens is 284 g/mol. The molecule has 114 valence electrons. The molecule has 0 aliphatic carbocycles. The van der Waals surface area contributed by atoms with Crippen LogP contribution in [0.25, 0.3) is 4.96 Å². The van der Waals surface area contributed by atoms with Crippen LogP contribution in [-0.4, -0.2) is 45.9 Å². The molecule has 1 unspecified atom stereocenters. The Kier molecular flexibility index (Phi) is 4.40. The number of likely N-dealkylation sites (N-methyl/N-ethyl adjacent to an activating group) is 1. The maximum atomic E-state index is 5.94. The molecule has 0 amide bonds. The third-order valence-electron chi connectivity index (χ3n) is 3.98. The van der Waals surface area contributed by atoms with Crippen LogP contribution in [0.2, 0.25) is 0 Å². The van der Waals surface area contributed by atoms with Crippen LogP contribution in [0.3, 0.4) is 0 Å². The van der Waals surface area contributed by atoms with E-state index in [1.807, 2.05) is 22.2 Å². The van der Waals surface area contributed by atoms with Gasteiger partial charge in [-0.05, 0) is 25.9 Å². The lowest BCUT2D eigenvalue weighted by molar-refractivity contribution is 0.267. The summed E-state index contributed by atoms with van der Waals surface area (Å²) in [5.41, 5.74) is 6.89. The third kappa shape index (κ3) is 3.36. The van der Waals surface area contributed by atoms with Gasteiger partial charge in [-0.2, -0.15) is 0 Å². The van der Waals surface area contributed by atoms with Crippen LogP contribution < -0.4 is 11.1 Å². The van der Waals surface area contributed by atoms with Gasteiger partial charge in [0.15, 0.2) is 10.9 Å². The summed E-state index contributed by atoms with van der Waals surface area (Å²) < 4.78 is 2.01. The second-order valence-electron chi connectivity index (χ2n) is 5.33. The third-order valence-corrected chi connectivity index (χ3v) is 4.75. The van der Waals surface area contributed by atoms with Crippen LogP contribution in [0.4, 0.5) is 0 Å². The Bertz CT molecular complexity index is 587. The number of hydrogen-bond acceptors (Lipinski definition) is 4. The standard InChI is InChI=1S/C14H22N6S/c1-2-19-5-3-4-12(19)9-17-13(15)16-8-11-10-20-6-7-21-14(20)18-11/h6-7,10,12H,2-5,8-9H2,1H3,(H3,15,16,17). The fourth-order valence-corrected chi connectivity index (χ4v) is 3.56.